The number of rotatable bonds is 4. The van der Waals surface area contributed by atoms with Crippen LogP contribution in [0.15, 0.2) is 0 Å². The van der Waals surface area contributed by atoms with Crippen molar-refractivity contribution in [2.24, 2.45) is 11.8 Å². The van der Waals surface area contributed by atoms with Gasteiger partial charge in [0.15, 0.2) is 0 Å². The van der Waals surface area contributed by atoms with Crippen LogP contribution in [0.4, 0.5) is 0 Å². The molecule has 1 amide bonds. The molecule has 0 aromatic heterocycles. The van der Waals surface area contributed by atoms with Gasteiger partial charge in [0.1, 0.15) is 0 Å². The summed E-state index contributed by atoms with van der Waals surface area (Å²) in [6.07, 6.45) is 6.69. The third kappa shape index (κ3) is 4.75. The highest BCUT2D eigenvalue weighted by atomic mass is 35.5. The molecule has 0 aromatic carbocycles. The number of halogens is 1. The Bertz CT molecular complexity index is 257. The number of aliphatic hydroxyl groups is 1. The van der Waals surface area contributed by atoms with E-state index in [0.717, 1.165) is 6.54 Å². The number of carbonyl (C=O) groups is 1. The number of amides is 1. The maximum Gasteiger partial charge on any atom is 0.220 e. The normalized spacial score (nSPS) is 28.7. The third-order valence-electron chi connectivity index (χ3n) is 4.06. The third-order valence-corrected chi connectivity index (χ3v) is 4.06. The van der Waals surface area contributed by atoms with Crippen LogP contribution >= 0.6 is 12.4 Å². The van der Waals surface area contributed by atoms with E-state index in [1.807, 2.05) is 0 Å². The fourth-order valence-electron chi connectivity index (χ4n) is 2.90. The van der Waals surface area contributed by atoms with Gasteiger partial charge in [-0.1, -0.05) is 19.3 Å². The standard InChI is InChI=1S/C13H24N2O2.ClH/c16-12-9-14-7-11(12)8-15-13(17)6-10-4-2-1-3-5-10;/h10-12,14,16H,1-9H2,(H,15,17);1H. The highest BCUT2D eigenvalue weighted by Gasteiger charge is 2.25. The lowest BCUT2D eigenvalue weighted by molar-refractivity contribution is -0.122. The molecule has 0 radical (unpaired) electrons. The fourth-order valence-corrected chi connectivity index (χ4v) is 2.90. The molecule has 5 heteroatoms. The van der Waals surface area contributed by atoms with Crippen LogP contribution in [0.25, 0.3) is 0 Å². The Kier molecular flexibility index (Phi) is 6.97. The molecule has 2 atom stereocenters. The average Bonchev–Trinajstić information content (AvgIpc) is 2.74. The molecular weight excluding hydrogens is 252 g/mol. The Labute approximate surface area is 115 Å². The van der Waals surface area contributed by atoms with Gasteiger partial charge in [0.2, 0.25) is 5.91 Å². The van der Waals surface area contributed by atoms with E-state index in [9.17, 15) is 9.90 Å². The predicted molar refractivity (Wildman–Crippen MR) is 73.8 cm³/mol. The van der Waals surface area contributed by atoms with Gasteiger partial charge in [-0.3, -0.25) is 4.79 Å². The molecular formula is C13H25ClN2O2. The molecule has 0 aromatic rings. The Balaban J connectivity index is 0.00000162. The number of hydrogen-bond acceptors (Lipinski definition) is 3. The summed E-state index contributed by atoms with van der Waals surface area (Å²) in [4.78, 5) is 11.8. The highest BCUT2D eigenvalue weighted by Crippen LogP contribution is 2.26. The zero-order valence-electron chi connectivity index (χ0n) is 10.9. The molecule has 2 unspecified atom stereocenters. The molecule has 0 spiro atoms. The summed E-state index contributed by atoms with van der Waals surface area (Å²) < 4.78 is 0. The minimum absolute atomic E-state index is 0. The van der Waals surface area contributed by atoms with E-state index >= 15 is 0 Å². The number of nitrogens with one attached hydrogen (secondary N) is 2. The van der Waals surface area contributed by atoms with E-state index in [4.69, 9.17) is 0 Å². The van der Waals surface area contributed by atoms with E-state index in [2.05, 4.69) is 10.6 Å². The molecule has 106 valence electrons. The van der Waals surface area contributed by atoms with E-state index in [-0.39, 0.29) is 30.3 Å². The molecule has 4 nitrogen and oxygen atoms in total. The maximum absolute atomic E-state index is 11.8. The number of β-amino-alcohol motifs (C(OH)–C–C–N with tert-alkyl or cyclic N) is 1. The van der Waals surface area contributed by atoms with Crippen molar-refractivity contribution < 1.29 is 9.90 Å². The second-order valence-corrected chi connectivity index (χ2v) is 5.50. The minimum Gasteiger partial charge on any atom is -0.391 e. The first-order chi connectivity index (χ1) is 8.25. The average molecular weight is 277 g/mol. The summed E-state index contributed by atoms with van der Waals surface area (Å²) in [7, 11) is 0. The van der Waals surface area contributed by atoms with E-state index in [1.165, 1.54) is 32.1 Å². The molecule has 2 rings (SSSR count). The second kappa shape index (κ2) is 7.97. The van der Waals surface area contributed by atoms with Crippen LogP contribution in [-0.4, -0.2) is 36.8 Å². The van der Waals surface area contributed by atoms with Gasteiger partial charge < -0.3 is 15.7 Å². The van der Waals surface area contributed by atoms with Crippen LogP contribution in [0.5, 0.6) is 0 Å². The summed E-state index contributed by atoms with van der Waals surface area (Å²) >= 11 is 0. The zero-order chi connectivity index (χ0) is 12.1. The van der Waals surface area contributed by atoms with E-state index in [1.54, 1.807) is 0 Å². The minimum atomic E-state index is -0.301. The lowest BCUT2D eigenvalue weighted by atomic mass is 9.87. The van der Waals surface area contributed by atoms with Crippen molar-refractivity contribution in [3.05, 3.63) is 0 Å². The van der Waals surface area contributed by atoms with Crippen molar-refractivity contribution in [1.29, 1.82) is 0 Å². The highest BCUT2D eigenvalue weighted by molar-refractivity contribution is 5.85. The molecule has 1 heterocycles. The summed E-state index contributed by atoms with van der Waals surface area (Å²) in [5.41, 5.74) is 0. The van der Waals surface area contributed by atoms with Crippen molar-refractivity contribution in [2.75, 3.05) is 19.6 Å². The monoisotopic (exact) mass is 276 g/mol. The largest absolute Gasteiger partial charge is 0.391 e. The quantitative estimate of drug-likeness (QED) is 0.720. The van der Waals surface area contributed by atoms with Gasteiger partial charge in [0, 0.05) is 32.0 Å². The van der Waals surface area contributed by atoms with Gasteiger partial charge in [-0.2, -0.15) is 0 Å². The Morgan fingerprint density at radius 1 is 1.22 bits per heavy atom. The SMILES string of the molecule is Cl.O=C(CC1CCCCC1)NCC1CNCC1O. The fraction of sp³-hybridized carbons (Fsp3) is 0.923. The Morgan fingerprint density at radius 3 is 2.56 bits per heavy atom. The van der Waals surface area contributed by atoms with Crippen molar-refractivity contribution >= 4 is 18.3 Å². The molecule has 1 saturated carbocycles. The summed E-state index contributed by atoms with van der Waals surface area (Å²) in [5, 5.41) is 15.7. The molecule has 18 heavy (non-hydrogen) atoms. The zero-order valence-corrected chi connectivity index (χ0v) is 11.7. The van der Waals surface area contributed by atoms with Crippen LogP contribution in [0.1, 0.15) is 38.5 Å². The topological polar surface area (TPSA) is 61.4 Å². The van der Waals surface area contributed by atoms with Gasteiger partial charge >= 0.3 is 0 Å². The van der Waals surface area contributed by atoms with Gasteiger partial charge in [-0.25, -0.2) is 0 Å². The first kappa shape index (κ1) is 15.7. The van der Waals surface area contributed by atoms with Gasteiger partial charge in [-0.15, -0.1) is 12.4 Å². The smallest absolute Gasteiger partial charge is 0.220 e. The molecule has 0 bridgehead atoms. The number of carbonyl (C=O) groups excluding carboxylic acids is 1. The number of aliphatic hydroxyl groups excluding tert-OH is 1. The van der Waals surface area contributed by atoms with Gasteiger partial charge in [0.05, 0.1) is 6.10 Å². The first-order valence-electron chi connectivity index (χ1n) is 6.91. The van der Waals surface area contributed by atoms with Crippen LogP contribution in [0.3, 0.4) is 0 Å². The lowest BCUT2D eigenvalue weighted by Crippen LogP contribution is -2.35. The van der Waals surface area contributed by atoms with Crippen LogP contribution in [0, 0.1) is 11.8 Å². The molecule has 1 saturated heterocycles. The molecule has 2 fully saturated rings. The lowest BCUT2D eigenvalue weighted by Gasteiger charge is -2.21. The van der Waals surface area contributed by atoms with Crippen molar-refractivity contribution in [3.63, 3.8) is 0 Å². The second-order valence-electron chi connectivity index (χ2n) is 5.50. The molecule has 3 N–H and O–H groups in total. The van der Waals surface area contributed by atoms with Crippen molar-refractivity contribution in [3.8, 4) is 0 Å². The summed E-state index contributed by atoms with van der Waals surface area (Å²) in [6, 6.07) is 0. The summed E-state index contributed by atoms with van der Waals surface area (Å²) in [6.45, 7) is 2.08. The Morgan fingerprint density at radius 2 is 1.94 bits per heavy atom. The maximum atomic E-state index is 11.8. The van der Waals surface area contributed by atoms with Crippen molar-refractivity contribution in [1.82, 2.24) is 10.6 Å². The van der Waals surface area contributed by atoms with Crippen LogP contribution < -0.4 is 10.6 Å². The molecule has 1 aliphatic heterocycles. The predicted octanol–water partition coefficient (Wildman–Crippen LogP) is 1.08. The summed E-state index contributed by atoms with van der Waals surface area (Å²) in [5.74, 6) is 0.941. The van der Waals surface area contributed by atoms with E-state index in [0.29, 0.717) is 25.4 Å². The van der Waals surface area contributed by atoms with Gasteiger partial charge in [-0.05, 0) is 18.8 Å². The van der Waals surface area contributed by atoms with Crippen LogP contribution in [-0.2, 0) is 4.79 Å². The van der Waals surface area contributed by atoms with Crippen LogP contribution in [0.2, 0.25) is 0 Å². The van der Waals surface area contributed by atoms with Crippen molar-refractivity contribution in [2.45, 2.75) is 44.6 Å². The first-order valence-corrected chi connectivity index (χ1v) is 6.91. The van der Waals surface area contributed by atoms with Gasteiger partial charge in [0.25, 0.3) is 0 Å². The molecule has 1 aliphatic carbocycles. The number of hydrogen-bond donors (Lipinski definition) is 3. The van der Waals surface area contributed by atoms with E-state index < -0.39 is 0 Å². The Hall–Kier alpha value is -0.320. The molecule has 2 aliphatic rings.